The van der Waals surface area contributed by atoms with E-state index in [2.05, 4.69) is 15.4 Å². The highest BCUT2D eigenvalue weighted by atomic mass is 35.5. The Morgan fingerprint density at radius 1 is 1.32 bits per heavy atom. The van der Waals surface area contributed by atoms with Crippen LogP contribution in [0.3, 0.4) is 0 Å². The molecular formula is C13H17ClN2O3. The summed E-state index contributed by atoms with van der Waals surface area (Å²) < 4.78 is 4.36. The molecule has 1 aromatic carbocycles. The Morgan fingerprint density at radius 3 is 2.58 bits per heavy atom. The van der Waals surface area contributed by atoms with Gasteiger partial charge in [-0.15, -0.1) is 0 Å². The quantitative estimate of drug-likeness (QED) is 0.890. The van der Waals surface area contributed by atoms with Gasteiger partial charge in [-0.1, -0.05) is 23.7 Å². The largest absolute Gasteiger partial charge is 0.453 e. The van der Waals surface area contributed by atoms with Crippen LogP contribution in [0.2, 0.25) is 5.02 Å². The van der Waals surface area contributed by atoms with Crippen LogP contribution in [0.5, 0.6) is 0 Å². The number of amides is 2. The highest BCUT2D eigenvalue weighted by Crippen LogP contribution is 2.17. The van der Waals surface area contributed by atoms with Crippen molar-refractivity contribution in [1.29, 1.82) is 0 Å². The van der Waals surface area contributed by atoms with Crippen molar-refractivity contribution in [2.24, 2.45) is 0 Å². The van der Waals surface area contributed by atoms with Gasteiger partial charge in [0.05, 0.1) is 13.2 Å². The number of methoxy groups -OCH3 is 1. The van der Waals surface area contributed by atoms with Crippen molar-refractivity contribution >= 4 is 23.6 Å². The van der Waals surface area contributed by atoms with Gasteiger partial charge in [0.25, 0.3) is 0 Å². The van der Waals surface area contributed by atoms with E-state index in [9.17, 15) is 9.59 Å². The first kappa shape index (κ1) is 15.5. The van der Waals surface area contributed by atoms with Crippen LogP contribution >= 0.6 is 11.6 Å². The van der Waals surface area contributed by atoms with Gasteiger partial charge < -0.3 is 4.74 Å². The number of rotatable bonds is 4. The maximum absolute atomic E-state index is 11.6. The van der Waals surface area contributed by atoms with E-state index in [0.717, 1.165) is 5.56 Å². The van der Waals surface area contributed by atoms with E-state index in [0.29, 0.717) is 5.02 Å². The second kappa shape index (κ2) is 7.11. The molecule has 0 aliphatic rings. The average molecular weight is 285 g/mol. The topological polar surface area (TPSA) is 67.4 Å². The molecular weight excluding hydrogens is 268 g/mol. The first-order valence-corrected chi connectivity index (χ1v) is 6.22. The first-order valence-electron chi connectivity index (χ1n) is 5.84. The number of carbonyl (C=O) groups is 2. The third-order valence-electron chi connectivity index (χ3n) is 2.65. The third kappa shape index (κ3) is 4.89. The molecule has 0 aliphatic heterocycles. The minimum atomic E-state index is -0.769. The molecule has 0 saturated heterocycles. The van der Waals surface area contributed by atoms with Crippen molar-refractivity contribution in [3.8, 4) is 0 Å². The van der Waals surface area contributed by atoms with Crippen molar-refractivity contribution in [1.82, 2.24) is 10.6 Å². The van der Waals surface area contributed by atoms with Crippen LogP contribution in [0, 0.1) is 0 Å². The Balaban J connectivity index is 2.58. The molecule has 0 aromatic heterocycles. The van der Waals surface area contributed by atoms with Crippen molar-refractivity contribution in [3.63, 3.8) is 0 Å². The number of halogens is 1. The number of hydrogen-bond acceptors (Lipinski definition) is 4. The Morgan fingerprint density at radius 2 is 2.00 bits per heavy atom. The molecule has 0 bridgehead atoms. The highest BCUT2D eigenvalue weighted by Gasteiger charge is 2.18. The number of hydrogen-bond donors (Lipinski definition) is 2. The van der Waals surface area contributed by atoms with Gasteiger partial charge in [0, 0.05) is 11.1 Å². The summed E-state index contributed by atoms with van der Waals surface area (Å²) in [5, 5.41) is 5.82. The van der Waals surface area contributed by atoms with Crippen LogP contribution in [0.15, 0.2) is 24.3 Å². The molecule has 0 fully saturated rings. The standard InChI is InChI=1S/C13H17ClN2O3/c1-8(10-5-4-6-11(14)7-10)15-9(2)12(17)16-13(18)19-3/h4-9,15H,1-3H3,(H,16,17,18)/t8-,9+/m1/s1. The smallest absolute Gasteiger partial charge is 0.413 e. The number of imide groups is 1. The number of benzene rings is 1. The number of alkyl carbamates (subject to hydrolysis) is 1. The molecule has 0 spiro atoms. The maximum atomic E-state index is 11.6. The Kier molecular flexibility index (Phi) is 5.79. The fraction of sp³-hybridized carbons (Fsp3) is 0.385. The molecule has 0 aliphatic carbocycles. The number of carbonyl (C=O) groups excluding carboxylic acids is 2. The third-order valence-corrected chi connectivity index (χ3v) is 2.89. The summed E-state index contributed by atoms with van der Waals surface area (Å²) in [7, 11) is 1.20. The van der Waals surface area contributed by atoms with Gasteiger partial charge in [0.1, 0.15) is 0 Å². The van der Waals surface area contributed by atoms with Gasteiger partial charge >= 0.3 is 6.09 Å². The summed E-state index contributed by atoms with van der Waals surface area (Å²) >= 11 is 5.91. The lowest BCUT2D eigenvalue weighted by molar-refractivity contribution is -0.122. The van der Waals surface area contributed by atoms with Crippen molar-refractivity contribution in [2.75, 3.05) is 7.11 Å². The molecule has 0 radical (unpaired) electrons. The van der Waals surface area contributed by atoms with Crippen molar-refractivity contribution < 1.29 is 14.3 Å². The highest BCUT2D eigenvalue weighted by molar-refractivity contribution is 6.30. The van der Waals surface area contributed by atoms with Gasteiger partial charge in [-0.05, 0) is 31.5 Å². The summed E-state index contributed by atoms with van der Waals surface area (Å²) in [6.45, 7) is 3.58. The SMILES string of the molecule is COC(=O)NC(=O)[C@H](C)N[C@H](C)c1cccc(Cl)c1. The zero-order valence-electron chi connectivity index (χ0n) is 11.1. The Hall–Kier alpha value is -1.59. The molecule has 1 rings (SSSR count). The molecule has 0 heterocycles. The van der Waals surface area contributed by atoms with Gasteiger partial charge in [-0.25, -0.2) is 4.79 Å². The number of ether oxygens (including phenoxy) is 1. The van der Waals surface area contributed by atoms with E-state index < -0.39 is 18.0 Å². The molecule has 0 saturated carbocycles. The van der Waals surface area contributed by atoms with E-state index in [1.165, 1.54) is 7.11 Å². The second-order valence-electron chi connectivity index (χ2n) is 4.15. The molecule has 104 valence electrons. The first-order chi connectivity index (χ1) is 8.93. The summed E-state index contributed by atoms with van der Waals surface area (Å²) in [4.78, 5) is 22.6. The zero-order chi connectivity index (χ0) is 14.4. The minimum Gasteiger partial charge on any atom is -0.453 e. The monoisotopic (exact) mass is 284 g/mol. The van der Waals surface area contributed by atoms with Crippen LogP contribution in [-0.4, -0.2) is 25.2 Å². The molecule has 2 atom stereocenters. The van der Waals surface area contributed by atoms with Crippen molar-refractivity contribution in [3.05, 3.63) is 34.9 Å². The maximum Gasteiger partial charge on any atom is 0.413 e. The lowest BCUT2D eigenvalue weighted by Gasteiger charge is -2.19. The zero-order valence-corrected chi connectivity index (χ0v) is 11.8. The second-order valence-corrected chi connectivity index (χ2v) is 4.58. The molecule has 19 heavy (non-hydrogen) atoms. The normalized spacial score (nSPS) is 13.5. The van der Waals surface area contributed by atoms with Crippen LogP contribution in [0.1, 0.15) is 25.5 Å². The molecule has 5 nitrogen and oxygen atoms in total. The lowest BCUT2D eigenvalue weighted by atomic mass is 10.1. The molecule has 2 N–H and O–H groups in total. The minimum absolute atomic E-state index is 0.0721. The fourth-order valence-electron chi connectivity index (χ4n) is 1.58. The molecule has 0 unspecified atom stereocenters. The molecule has 2 amide bonds. The van der Waals surface area contributed by atoms with Crippen molar-refractivity contribution in [2.45, 2.75) is 25.9 Å². The fourth-order valence-corrected chi connectivity index (χ4v) is 1.78. The van der Waals surface area contributed by atoms with Gasteiger partial charge in [-0.2, -0.15) is 0 Å². The number of nitrogens with one attached hydrogen (secondary N) is 2. The van der Waals surface area contributed by atoms with Gasteiger partial charge in [0.2, 0.25) is 5.91 Å². The molecule has 6 heteroatoms. The predicted molar refractivity (Wildman–Crippen MR) is 73.0 cm³/mol. The summed E-state index contributed by atoms with van der Waals surface area (Å²) in [6, 6.07) is 6.75. The predicted octanol–water partition coefficient (Wildman–Crippen LogP) is 2.26. The van der Waals surface area contributed by atoms with E-state index in [4.69, 9.17) is 11.6 Å². The summed E-state index contributed by atoms with van der Waals surface area (Å²) in [6.07, 6.45) is -0.769. The van der Waals surface area contributed by atoms with Crippen LogP contribution < -0.4 is 10.6 Å². The Labute approximate surface area is 117 Å². The van der Waals surface area contributed by atoms with Gasteiger partial charge in [0.15, 0.2) is 0 Å². The lowest BCUT2D eigenvalue weighted by Crippen LogP contribution is -2.45. The van der Waals surface area contributed by atoms with E-state index in [-0.39, 0.29) is 6.04 Å². The van der Waals surface area contributed by atoms with E-state index in [1.807, 2.05) is 25.1 Å². The van der Waals surface area contributed by atoms with E-state index in [1.54, 1.807) is 13.0 Å². The van der Waals surface area contributed by atoms with Crippen LogP contribution in [0.25, 0.3) is 0 Å². The van der Waals surface area contributed by atoms with Crippen LogP contribution in [-0.2, 0) is 9.53 Å². The van der Waals surface area contributed by atoms with E-state index >= 15 is 0 Å². The summed E-state index contributed by atoms with van der Waals surface area (Å²) in [5.41, 5.74) is 0.963. The van der Waals surface area contributed by atoms with Gasteiger partial charge in [-0.3, -0.25) is 15.4 Å². The Bertz CT molecular complexity index is 465. The average Bonchev–Trinajstić information content (AvgIpc) is 2.38. The molecule has 1 aromatic rings. The van der Waals surface area contributed by atoms with Crippen LogP contribution in [0.4, 0.5) is 4.79 Å². The summed E-state index contributed by atoms with van der Waals surface area (Å²) in [5.74, 6) is -0.444.